The van der Waals surface area contributed by atoms with E-state index in [4.69, 9.17) is 5.73 Å². The Kier molecular flexibility index (Phi) is 3.38. The van der Waals surface area contributed by atoms with E-state index in [-0.39, 0.29) is 5.95 Å². The Morgan fingerprint density at radius 1 is 0.952 bits per heavy atom. The van der Waals surface area contributed by atoms with Gasteiger partial charge in [0.1, 0.15) is 5.82 Å². The van der Waals surface area contributed by atoms with Gasteiger partial charge in [-0.05, 0) is 6.92 Å². The zero-order valence-corrected chi connectivity index (χ0v) is 11.4. The molecule has 0 aliphatic carbocycles. The van der Waals surface area contributed by atoms with Crippen molar-refractivity contribution < 1.29 is 0 Å². The number of hydrogen-bond donors (Lipinski definition) is 2. The zero-order valence-electron chi connectivity index (χ0n) is 11.4. The number of anilines is 3. The van der Waals surface area contributed by atoms with Crippen LogP contribution in [0.2, 0.25) is 0 Å². The smallest absolute Gasteiger partial charge is 0.232 e. The highest BCUT2D eigenvalue weighted by atomic mass is 15.2. The molecule has 0 aliphatic heterocycles. The van der Waals surface area contributed by atoms with E-state index in [1.807, 2.05) is 37.3 Å². The lowest BCUT2D eigenvalue weighted by molar-refractivity contribution is 1.04. The van der Waals surface area contributed by atoms with Gasteiger partial charge in [0.15, 0.2) is 5.82 Å². The van der Waals surface area contributed by atoms with E-state index in [0.717, 1.165) is 5.56 Å². The van der Waals surface area contributed by atoms with E-state index in [0.29, 0.717) is 23.3 Å². The summed E-state index contributed by atoms with van der Waals surface area (Å²) in [5.41, 5.74) is 7.30. The van der Waals surface area contributed by atoms with Crippen LogP contribution in [-0.4, -0.2) is 24.9 Å². The third-order valence-electron chi connectivity index (χ3n) is 2.72. The number of nitrogens with zero attached hydrogens (tertiary/aromatic N) is 5. The summed E-state index contributed by atoms with van der Waals surface area (Å²) >= 11 is 0. The van der Waals surface area contributed by atoms with Crippen molar-refractivity contribution in [2.45, 2.75) is 6.92 Å². The maximum absolute atomic E-state index is 5.74. The number of rotatable bonds is 3. The third-order valence-corrected chi connectivity index (χ3v) is 2.72. The summed E-state index contributed by atoms with van der Waals surface area (Å²) in [5.74, 6) is 1.72. The molecule has 0 aliphatic rings. The lowest BCUT2D eigenvalue weighted by Crippen LogP contribution is -2.05. The fraction of sp³-hybridized carbons (Fsp3) is 0.0714. The highest BCUT2D eigenvalue weighted by Crippen LogP contribution is 2.18. The molecule has 0 unspecified atom stereocenters. The van der Waals surface area contributed by atoms with E-state index in [1.165, 1.54) is 0 Å². The second kappa shape index (κ2) is 5.49. The summed E-state index contributed by atoms with van der Waals surface area (Å²) in [4.78, 5) is 20.8. The predicted molar refractivity (Wildman–Crippen MR) is 79.7 cm³/mol. The number of nitrogen functional groups attached to an aromatic ring is 1. The average Bonchev–Trinajstić information content (AvgIpc) is 2.50. The normalized spacial score (nSPS) is 10.3. The van der Waals surface area contributed by atoms with Crippen LogP contribution in [0.15, 0.2) is 42.7 Å². The van der Waals surface area contributed by atoms with E-state index in [1.54, 1.807) is 12.4 Å². The molecule has 2 aromatic heterocycles. The second-order valence-corrected chi connectivity index (χ2v) is 4.35. The number of benzene rings is 1. The summed E-state index contributed by atoms with van der Waals surface area (Å²) in [6.45, 7) is 1.82. The first-order valence-corrected chi connectivity index (χ1v) is 6.33. The van der Waals surface area contributed by atoms with Crippen molar-refractivity contribution in [1.82, 2.24) is 24.9 Å². The van der Waals surface area contributed by atoms with Crippen molar-refractivity contribution in [3.63, 3.8) is 0 Å². The molecule has 0 bridgehead atoms. The summed E-state index contributed by atoms with van der Waals surface area (Å²) < 4.78 is 0. The fourth-order valence-electron chi connectivity index (χ4n) is 1.75. The molecule has 3 aromatic rings. The topological polar surface area (TPSA) is 102 Å². The van der Waals surface area contributed by atoms with Crippen LogP contribution in [-0.2, 0) is 0 Å². The van der Waals surface area contributed by atoms with Crippen LogP contribution in [0.1, 0.15) is 5.82 Å². The molecule has 3 N–H and O–H groups in total. The van der Waals surface area contributed by atoms with Gasteiger partial charge < -0.3 is 11.1 Å². The summed E-state index contributed by atoms with van der Waals surface area (Å²) in [6, 6.07) is 9.57. The predicted octanol–water partition coefficient (Wildman–Crippen LogP) is 1.96. The Hall–Kier alpha value is -3.09. The molecule has 0 spiro atoms. The van der Waals surface area contributed by atoms with E-state index < -0.39 is 0 Å². The number of aryl methyl sites for hydroxylation is 1. The van der Waals surface area contributed by atoms with Crippen LogP contribution in [0, 0.1) is 6.92 Å². The Balaban J connectivity index is 1.93. The van der Waals surface area contributed by atoms with Gasteiger partial charge in [-0.25, -0.2) is 9.97 Å². The molecule has 0 atom stereocenters. The summed E-state index contributed by atoms with van der Waals surface area (Å²) in [5, 5.41) is 3.01. The molecule has 0 saturated heterocycles. The van der Waals surface area contributed by atoms with Crippen molar-refractivity contribution in [1.29, 1.82) is 0 Å². The summed E-state index contributed by atoms with van der Waals surface area (Å²) in [7, 11) is 0. The van der Waals surface area contributed by atoms with Gasteiger partial charge in [0.05, 0.1) is 18.1 Å². The summed E-state index contributed by atoms with van der Waals surface area (Å²) in [6.07, 6.45) is 3.31. The number of nitrogens with one attached hydrogen (secondary N) is 1. The van der Waals surface area contributed by atoms with Crippen LogP contribution >= 0.6 is 0 Å². The van der Waals surface area contributed by atoms with Crippen LogP contribution in [0.4, 0.5) is 17.6 Å². The monoisotopic (exact) mass is 279 g/mol. The number of nitrogens with two attached hydrogens (primary N) is 1. The average molecular weight is 279 g/mol. The maximum atomic E-state index is 5.74. The molecule has 0 saturated carbocycles. The molecule has 3 rings (SSSR count). The van der Waals surface area contributed by atoms with E-state index >= 15 is 0 Å². The lowest BCUT2D eigenvalue weighted by Gasteiger charge is -2.07. The molecule has 2 heterocycles. The Morgan fingerprint density at radius 2 is 1.67 bits per heavy atom. The fourth-order valence-corrected chi connectivity index (χ4v) is 1.75. The maximum Gasteiger partial charge on any atom is 0.232 e. The van der Waals surface area contributed by atoms with Crippen molar-refractivity contribution in [2.24, 2.45) is 0 Å². The van der Waals surface area contributed by atoms with Crippen molar-refractivity contribution in [3.8, 4) is 11.4 Å². The Labute approximate surface area is 121 Å². The molecular formula is C14H13N7. The number of aromatic nitrogens is 5. The molecule has 1 aromatic carbocycles. The highest BCUT2D eigenvalue weighted by molar-refractivity contribution is 5.59. The van der Waals surface area contributed by atoms with Crippen LogP contribution < -0.4 is 11.1 Å². The molecule has 104 valence electrons. The molecule has 7 heteroatoms. The highest BCUT2D eigenvalue weighted by Gasteiger charge is 2.07. The van der Waals surface area contributed by atoms with Crippen molar-refractivity contribution in [3.05, 3.63) is 48.5 Å². The first-order chi connectivity index (χ1) is 10.2. The molecule has 7 nitrogen and oxygen atoms in total. The van der Waals surface area contributed by atoms with Gasteiger partial charge in [-0.3, -0.25) is 0 Å². The molecule has 0 fully saturated rings. The third kappa shape index (κ3) is 3.08. The van der Waals surface area contributed by atoms with Crippen LogP contribution in [0.3, 0.4) is 0 Å². The first kappa shape index (κ1) is 12.9. The minimum absolute atomic E-state index is 0.152. The molecule has 0 radical (unpaired) electrons. The van der Waals surface area contributed by atoms with E-state index in [9.17, 15) is 0 Å². The standard InChI is InChI=1S/C14H13N7/c1-9-16-7-11(8-17-9)18-14-20-12(19-13(15)21-14)10-5-3-2-4-6-10/h2-8H,1H3,(H3,15,18,19,20,21). The van der Waals surface area contributed by atoms with Gasteiger partial charge in [0, 0.05) is 5.56 Å². The Bertz CT molecular complexity index is 741. The minimum atomic E-state index is 0.152. The molecular weight excluding hydrogens is 266 g/mol. The zero-order chi connectivity index (χ0) is 14.7. The molecule has 0 amide bonds. The van der Waals surface area contributed by atoms with Gasteiger partial charge in [0.2, 0.25) is 11.9 Å². The van der Waals surface area contributed by atoms with Gasteiger partial charge in [-0.2, -0.15) is 15.0 Å². The quantitative estimate of drug-likeness (QED) is 0.755. The minimum Gasteiger partial charge on any atom is -0.368 e. The number of hydrogen-bond acceptors (Lipinski definition) is 7. The lowest BCUT2D eigenvalue weighted by atomic mass is 10.2. The van der Waals surface area contributed by atoms with Crippen molar-refractivity contribution >= 4 is 17.6 Å². The van der Waals surface area contributed by atoms with Gasteiger partial charge in [0.25, 0.3) is 0 Å². The van der Waals surface area contributed by atoms with E-state index in [2.05, 4.69) is 30.2 Å². The van der Waals surface area contributed by atoms with Gasteiger partial charge in [-0.1, -0.05) is 30.3 Å². The van der Waals surface area contributed by atoms with Crippen LogP contribution in [0.25, 0.3) is 11.4 Å². The SMILES string of the molecule is Cc1ncc(Nc2nc(N)nc(-c3ccccc3)n2)cn1. The van der Waals surface area contributed by atoms with Gasteiger partial charge in [-0.15, -0.1) is 0 Å². The van der Waals surface area contributed by atoms with Crippen molar-refractivity contribution in [2.75, 3.05) is 11.1 Å². The second-order valence-electron chi connectivity index (χ2n) is 4.35. The van der Waals surface area contributed by atoms with Gasteiger partial charge >= 0.3 is 0 Å². The largest absolute Gasteiger partial charge is 0.368 e. The first-order valence-electron chi connectivity index (χ1n) is 6.33. The Morgan fingerprint density at radius 3 is 2.38 bits per heavy atom. The molecule has 21 heavy (non-hydrogen) atoms. The van der Waals surface area contributed by atoms with Crippen LogP contribution in [0.5, 0.6) is 0 Å².